The number of hydrogen-bond acceptors (Lipinski definition) is 5. The average Bonchev–Trinajstić information content (AvgIpc) is 2.94. The molecule has 0 bridgehead atoms. The summed E-state index contributed by atoms with van der Waals surface area (Å²) in [7, 11) is 3.83. The van der Waals surface area contributed by atoms with Crippen LogP contribution in [-0.2, 0) is 9.59 Å². The second kappa shape index (κ2) is 7.37. The van der Waals surface area contributed by atoms with Crippen LogP contribution in [0.15, 0.2) is 54.6 Å². The summed E-state index contributed by atoms with van der Waals surface area (Å²) in [5.41, 5.74) is 7.15. The molecule has 0 unspecified atom stereocenters. The number of hydrogen-bond donors (Lipinski definition) is 2. The summed E-state index contributed by atoms with van der Waals surface area (Å²) in [6.07, 6.45) is -0.00637. The molecular weight excluding hydrogens is 332 g/mol. The van der Waals surface area contributed by atoms with Crippen LogP contribution < -0.4 is 20.7 Å². The van der Waals surface area contributed by atoms with Crippen LogP contribution in [0.4, 0.5) is 11.4 Å². The van der Waals surface area contributed by atoms with E-state index in [1.807, 2.05) is 37.2 Å². The predicted octanol–water partition coefficient (Wildman–Crippen LogP) is 1.32. The van der Waals surface area contributed by atoms with Crippen molar-refractivity contribution in [3.63, 3.8) is 0 Å². The Morgan fingerprint density at radius 3 is 2.31 bits per heavy atom. The van der Waals surface area contributed by atoms with E-state index < -0.39 is 6.04 Å². The second-order valence-corrected chi connectivity index (χ2v) is 6.20. The molecule has 26 heavy (non-hydrogen) atoms. The lowest BCUT2D eigenvalue weighted by Gasteiger charge is -2.16. The van der Waals surface area contributed by atoms with Gasteiger partial charge in [-0.05, 0) is 36.4 Å². The number of para-hydroxylation sites is 1. The molecule has 1 atom stereocenters. The predicted molar refractivity (Wildman–Crippen MR) is 98.7 cm³/mol. The van der Waals surface area contributed by atoms with E-state index in [0.717, 1.165) is 10.6 Å². The van der Waals surface area contributed by atoms with Gasteiger partial charge < -0.3 is 4.90 Å². The zero-order valence-corrected chi connectivity index (χ0v) is 14.6. The van der Waals surface area contributed by atoms with Crippen LogP contribution in [0.5, 0.6) is 0 Å². The van der Waals surface area contributed by atoms with E-state index in [9.17, 15) is 14.4 Å². The number of anilines is 2. The number of carbonyl (C=O) groups is 3. The van der Waals surface area contributed by atoms with Gasteiger partial charge in [0.1, 0.15) is 6.04 Å². The highest BCUT2D eigenvalue weighted by Crippen LogP contribution is 2.22. The molecule has 1 fully saturated rings. The third-order valence-corrected chi connectivity index (χ3v) is 4.17. The minimum atomic E-state index is -0.785. The topological polar surface area (TPSA) is 81.8 Å². The summed E-state index contributed by atoms with van der Waals surface area (Å²) in [4.78, 5) is 39.9. The molecule has 0 aromatic heterocycles. The molecule has 0 spiro atoms. The van der Waals surface area contributed by atoms with Crippen molar-refractivity contribution < 1.29 is 14.4 Å². The maximum absolute atomic E-state index is 12.5. The molecule has 1 heterocycles. The summed E-state index contributed by atoms with van der Waals surface area (Å²) >= 11 is 0. The lowest BCUT2D eigenvalue weighted by atomic mass is 10.2. The molecule has 7 nitrogen and oxygen atoms in total. The molecule has 0 aliphatic carbocycles. The summed E-state index contributed by atoms with van der Waals surface area (Å²) in [5, 5.41) is 0. The van der Waals surface area contributed by atoms with Crippen molar-refractivity contribution in [2.75, 3.05) is 23.9 Å². The molecule has 0 radical (unpaired) electrons. The molecule has 0 saturated carbocycles. The average molecular weight is 352 g/mol. The molecule has 134 valence electrons. The Kier molecular flexibility index (Phi) is 4.99. The molecule has 3 amide bonds. The van der Waals surface area contributed by atoms with Gasteiger partial charge in [0.15, 0.2) is 0 Å². The quantitative estimate of drug-likeness (QED) is 0.627. The number of nitrogens with one attached hydrogen (secondary N) is 2. The highest BCUT2D eigenvalue weighted by molar-refractivity contribution is 6.22. The van der Waals surface area contributed by atoms with Gasteiger partial charge in [0.25, 0.3) is 11.8 Å². The van der Waals surface area contributed by atoms with Gasteiger partial charge in [-0.3, -0.25) is 19.8 Å². The molecule has 2 N–H and O–H groups in total. The highest BCUT2D eigenvalue weighted by atomic mass is 16.2. The standard InChI is InChI=1S/C19H20N4O3/c1-22(2)14-10-8-13(9-11-14)18(25)21-20-16-12-17(24)23(19(16)26)15-6-4-3-5-7-15/h3-11,16,20H,12H2,1-2H3,(H,21,25)/t16-/m1/s1. The Morgan fingerprint density at radius 2 is 1.69 bits per heavy atom. The fourth-order valence-corrected chi connectivity index (χ4v) is 2.73. The molecular formula is C19H20N4O3. The summed E-state index contributed by atoms with van der Waals surface area (Å²) in [5.74, 6) is -1.05. The number of nitrogens with zero attached hydrogens (tertiary/aromatic N) is 2. The lowest BCUT2D eigenvalue weighted by molar-refractivity contribution is -0.121. The Bertz CT molecular complexity index is 818. The van der Waals surface area contributed by atoms with Crippen molar-refractivity contribution in [1.82, 2.24) is 10.9 Å². The van der Waals surface area contributed by atoms with Crippen LogP contribution in [-0.4, -0.2) is 37.9 Å². The number of benzene rings is 2. The van der Waals surface area contributed by atoms with Crippen LogP contribution in [0.3, 0.4) is 0 Å². The van der Waals surface area contributed by atoms with Crippen LogP contribution >= 0.6 is 0 Å². The van der Waals surface area contributed by atoms with Gasteiger partial charge in [0.05, 0.1) is 12.1 Å². The van der Waals surface area contributed by atoms with Crippen molar-refractivity contribution in [3.05, 3.63) is 60.2 Å². The van der Waals surface area contributed by atoms with Crippen molar-refractivity contribution in [2.45, 2.75) is 12.5 Å². The van der Waals surface area contributed by atoms with Crippen LogP contribution in [0, 0.1) is 0 Å². The third kappa shape index (κ3) is 3.57. The van der Waals surface area contributed by atoms with Crippen LogP contribution in [0.25, 0.3) is 0 Å². The fraction of sp³-hybridized carbons (Fsp3) is 0.211. The van der Waals surface area contributed by atoms with E-state index in [0.29, 0.717) is 11.3 Å². The van der Waals surface area contributed by atoms with E-state index in [1.54, 1.807) is 36.4 Å². The van der Waals surface area contributed by atoms with E-state index in [-0.39, 0.29) is 24.1 Å². The highest BCUT2D eigenvalue weighted by Gasteiger charge is 2.39. The summed E-state index contributed by atoms with van der Waals surface area (Å²) in [6, 6.07) is 15.0. The number of rotatable bonds is 5. The Morgan fingerprint density at radius 1 is 1.04 bits per heavy atom. The number of hydrazine groups is 1. The van der Waals surface area contributed by atoms with Crippen molar-refractivity contribution in [1.29, 1.82) is 0 Å². The Balaban J connectivity index is 1.62. The number of carbonyl (C=O) groups excluding carboxylic acids is 3. The summed E-state index contributed by atoms with van der Waals surface area (Å²) in [6.45, 7) is 0. The maximum Gasteiger partial charge on any atom is 0.265 e. The van der Waals surface area contributed by atoms with E-state index >= 15 is 0 Å². The molecule has 1 saturated heterocycles. The first kappa shape index (κ1) is 17.6. The smallest absolute Gasteiger partial charge is 0.265 e. The second-order valence-electron chi connectivity index (χ2n) is 6.20. The van der Waals surface area contributed by atoms with Crippen molar-refractivity contribution in [3.8, 4) is 0 Å². The van der Waals surface area contributed by atoms with Crippen LogP contribution in [0.1, 0.15) is 16.8 Å². The molecule has 1 aliphatic heterocycles. The summed E-state index contributed by atoms with van der Waals surface area (Å²) < 4.78 is 0. The van der Waals surface area contributed by atoms with E-state index in [2.05, 4.69) is 10.9 Å². The zero-order chi connectivity index (χ0) is 18.7. The molecule has 7 heteroatoms. The largest absolute Gasteiger partial charge is 0.378 e. The molecule has 1 aliphatic rings. The van der Waals surface area contributed by atoms with Gasteiger partial charge >= 0.3 is 0 Å². The lowest BCUT2D eigenvalue weighted by Crippen LogP contribution is -2.48. The molecule has 3 rings (SSSR count). The van der Waals surface area contributed by atoms with Gasteiger partial charge in [0, 0.05) is 25.3 Å². The first-order valence-corrected chi connectivity index (χ1v) is 8.22. The number of imide groups is 1. The van der Waals surface area contributed by atoms with Gasteiger partial charge in [-0.2, -0.15) is 0 Å². The fourth-order valence-electron chi connectivity index (χ4n) is 2.73. The Labute approximate surface area is 151 Å². The van der Waals surface area contributed by atoms with Gasteiger partial charge in [0.2, 0.25) is 5.91 Å². The minimum absolute atomic E-state index is 0.00637. The monoisotopic (exact) mass is 352 g/mol. The van der Waals surface area contributed by atoms with Crippen molar-refractivity contribution >= 4 is 29.1 Å². The van der Waals surface area contributed by atoms with Gasteiger partial charge in [-0.15, -0.1) is 0 Å². The third-order valence-electron chi connectivity index (χ3n) is 4.17. The van der Waals surface area contributed by atoms with Crippen molar-refractivity contribution in [2.24, 2.45) is 0 Å². The van der Waals surface area contributed by atoms with Gasteiger partial charge in [-0.1, -0.05) is 18.2 Å². The van der Waals surface area contributed by atoms with Crippen LogP contribution in [0.2, 0.25) is 0 Å². The Hall–Kier alpha value is -3.19. The SMILES string of the molecule is CN(C)c1ccc(C(=O)NN[C@@H]2CC(=O)N(c3ccccc3)C2=O)cc1. The molecule has 2 aromatic carbocycles. The first-order chi connectivity index (χ1) is 12.5. The van der Waals surface area contributed by atoms with E-state index in [4.69, 9.17) is 0 Å². The first-order valence-electron chi connectivity index (χ1n) is 8.22. The van der Waals surface area contributed by atoms with Gasteiger partial charge in [-0.25, -0.2) is 10.3 Å². The number of amides is 3. The zero-order valence-electron chi connectivity index (χ0n) is 14.6. The normalized spacial score (nSPS) is 16.7. The maximum atomic E-state index is 12.5. The van der Waals surface area contributed by atoms with E-state index in [1.165, 1.54) is 0 Å². The minimum Gasteiger partial charge on any atom is -0.378 e. The molecule has 2 aromatic rings.